The Balaban J connectivity index is 2.47. The Morgan fingerprint density at radius 3 is 2.48 bits per heavy atom. The van der Waals surface area contributed by atoms with Crippen LogP contribution >= 0.6 is 0 Å². The third-order valence-electron chi connectivity index (χ3n) is 4.31. The highest BCUT2D eigenvalue weighted by Gasteiger charge is 2.25. The Morgan fingerprint density at radius 2 is 1.90 bits per heavy atom. The van der Waals surface area contributed by atoms with Gasteiger partial charge in [-0.1, -0.05) is 20.3 Å². The minimum Gasteiger partial charge on any atom is -0.352 e. The fourth-order valence-corrected chi connectivity index (χ4v) is 2.87. The van der Waals surface area contributed by atoms with Crippen LogP contribution in [-0.2, 0) is 4.79 Å². The zero-order valence-corrected chi connectivity index (χ0v) is 14.7. The molecule has 0 aromatic carbocycles. The second-order valence-electron chi connectivity index (χ2n) is 7.33. The van der Waals surface area contributed by atoms with Crippen molar-refractivity contribution in [2.75, 3.05) is 19.6 Å². The van der Waals surface area contributed by atoms with Crippen molar-refractivity contribution in [2.45, 2.75) is 84.3 Å². The third kappa shape index (κ3) is 7.28. The molecule has 21 heavy (non-hydrogen) atoms. The summed E-state index contributed by atoms with van der Waals surface area (Å²) < 4.78 is 0. The predicted octanol–water partition coefficient (Wildman–Crippen LogP) is 2.53. The van der Waals surface area contributed by atoms with Crippen LogP contribution in [0.2, 0.25) is 0 Å². The first-order chi connectivity index (χ1) is 9.85. The fourth-order valence-electron chi connectivity index (χ4n) is 2.87. The van der Waals surface area contributed by atoms with E-state index >= 15 is 0 Å². The van der Waals surface area contributed by atoms with Crippen molar-refractivity contribution in [1.29, 1.82) is 0 Å². The van der Waals surface area contributed by atoms with E-state index in [4.69, 9.17) is 0 Å². The standard InChI is InChI=1S/C17H35N3O/c1-6-14(7-2)19-16(21)13-20-11-9-8-10-15(20)12-18-17(3,4)5/h14-15,18H,6-13H2,1-5H3,(H,19,21). The van der Waals surface area contributed by atoms with Gasteiger partial charge in [0.05, 0.1) is 6.54 Å². The molecule has 4 nitrogen and oxygen atoms in total. The molecule has 0 aromatic heterocycles. The number of likely N-dealkylation sites (tertiary alicyclic amines) is 1. The molecule has 0 spiro atoms. The molecular formula is C17H35N3O. The van der Waals surface area contributed by atoms with Gasteiger partial charge in [-0.05, 0) is 53.0 Å². The molecule has 0 aromatic rings. The monoisotopic (exact) mass is 297 g/mol. The highest BCUT2D eigenvalue weighted by Crippen LogP contribution is 2.17. The van der Waals surface area contributed by atoms with E-state index in [1.165, 1.54) is 19.3 Å². The molecular weight excluding hydrogens is 262 g/mol. The molecule has 1 aliphatic heterocycles. The van der Waals surface area contributed by atoms with Gasteiger partial charge in [0.15, 0.2) is 0 Å². The number of nitrogens with zero attached hydrogens (tertiary/aromatic N) is 1. The number of carbonyl (C=O) groups excluding carboxylic acids is 1. The summed E-state index contributed by atoms with van der Waals surface area (Å²) >= 11 is 0. The number of hydrogen-bond acceptors (Lipinski definition) is 3. The molecule has 1 rings (SSSR count). The van der Waals surface area contributed by atoms with Crippen LogP contribution in [0.5, 0.6) is 0 Å². The van der Waals surface area contributed by atoms with Crippen LogP contribution in [0.4, 0.5) is 0 Å². The molecule has 4 heteroatoms. The maximum absolute atomic E-state index is 12.2. The highest BCUT2D eigenvalue weighted by atomic mass is 16.2. The Morgan fingerprint density at radius 1 is 1.24 bits per heavy atom. The van der Waals surface area contributed by atoms with E-state index in [9.17, 15) is 4.79 Å². The normalized spacial score (nSPS) is 20.8. The van der Waals surface area contributed by atoms with E-state index in [2.05, 4.69) is 50.2 Å². The van der Waals surface area contributed by atoms with E-state index in [0.29, 0.717) is 18.6 Å². The van der Waals surface area contributed by atoms with Gasteiger partial charge in [0, 0.05) is 24.2 Å². The Kier molecular flexibility index (Phi) is 7.67. The van der Waals surface area contributed by atoms with Gasteiger partial charge in [-0.3, -0.25) is 9.69 Å². The van der Waals surface area contributed by atoms with Crippen LogP contribution in [0, 0.1) is 0 Å². The zero-order chi connectivity index (χ0) is 15.9. The summed E-state index contributed by atoms with van der Waals surface area (Å²) in [6.07, 6.45) is 5.71. The lowest BCUT2D eigenvalue weighted by Crippen LogP contribution is -2.52. The van der Waals surface area contributed by atoms with Gasteiger partial charge >= 0.3 is 0 Å². The third-order valence-corrected chi connectivity index (χ3v) is 4.31. The van der Waals surface area contributed by atoms with E-state index in [1.807, 2.05) is 0 Å². The number of piperidine rings is 1. The molecule has 0 bridgehead atoms. The summed E-state index contributed by atoms with van der Waals surface area (Å²) in [6, 6.07) is 0.818. The fraction of sp³-hybridized carbons (Fsp3) is 0.941. The van der Waals surface area contributed by atoms with E-state index < -0.39 is 0 Å². The average Bonchev–Trinajstić information content (AvgIpc) is 2.43. The molecule has 1 saturated heterocycles. The molecule has 1 unspecified atom stereocenters. The number of rotatable bonds is 7. The second kappa shape index (κ2) is 8.74. The maximum Gasteiger partial charge on any atom is 0.234 e. The average molecular weight is 297 g/mol. The SMILES string of the molecule is CCC(CC)NC(=O)CN1CCCCC1CNC(C)(C)C. The van der Waals surface area contributed by atoms with Gasteiger partial charge in [-0.25, -0.2) is 0 Å². The van der Waals surface area contributed by atoms with Crippen molar-refractivity contribution in [1.82, 2.24) is 15.5 Å². The number of amides is 1. The first-order valence-corrected chi connectivity index (χ1v) is 8.64. The van der Waals surface area contributed by atoms with Crippen LogP contribution in [0.15, 0.2) is 0 Å². The van der Waals surface area contributed by atoms with Gasteiger partial charge in [0.25, 0.3) is 0 Å². The second-order valence-corrected chi connectivity index (χ2v) is 7.33. The summed E-state index contributed by atoms with van der Waals surface area (Å²) in [5.74, 6) is 0.186. The minimum atomic E-state index is 0.140. The predicted molar refractivity (Wildman–Crippen MR) is 89.5 cm³/mol. The molecule has 1 aliphatic rings. The molecule has 1 atom stereocenters. The van der Waals surface area contributed by atoms with Gasteiger partial charge in [0.1, 0.15) is 0 Å². The van der Waals surface area contributed by atoms with Crippen molar-refractivity contribution < 1.29 is 4.79 Å². The smallest absolute Gasteiger partial charge is 0.234 e. The molecule has 124 valence electrons. The quantitative estimate of drug-likeness (QED) is 0.759. The van der Waals surface area contributed by atoms with Crippen molar-refractivity contribution in [2.24, 2.45) is 0 Å². The number of carbonyl (C=O) groups is 1. The van der Waals surface area contributed by atoms with Gasteiger partial charge in [-0.15, -0.1) is 0 Å². The largest absolute Gasteiger partial charge is 0.352 e. The van der Waals surface area contributed by atoms with Gasteiger partial charge in [0.2, 0.25) is 5.91 Å². The number of hydrogen-bond donors (Lipinski definition) is 2. The molecule has 1 fully saturated rings. The van der Waals surface area contributed by atoms with Gasteiger partial charge in [-0.2, -0.15) is 0 Å². The maximum atomic E-state index is 12.2. The Hall–Kier alpha value is -0.610. The molecule has 0 aliphatic carbocycles. The van der Waals surface area contributed by atoms with Crippen molar-refractivity contribution in [3.05, 3.63) is 0 Å². The highest BCUT2D eigenvalue weighted by molar-refractivity contribution is 5.78. The molecule has 1 heterocycles. The molecule has 0 saturated carbocycles. The van der Waals surface area contributed by atoms with Crippen molar-refractivity contribution in [3.8, 4) is 0 Å². The topological polar surface area (TPSA) is 44.4 Å². The first kappa shape index (κ1) is 18.4. The lowest BCUT2D eigenvalue weighted by atomic mass is 10.0. The molecule has 0 radical (unpaired) electrons. The molecule has 1 amide bonds. The van der Waals surface area contributed by atoms with Crippen LogP contribution in [0.3, 0.4) is 0 Å². The van der Waals surface area contributed by atoms with E-state index in [1.54, 1.807) is 0 Å². The minimum absolute atomic E-state index is 0.140. The van der Waals surface area contributed by atoms with E-state index in [-0.39, 0.29) is 11.4 Å². The van der Waals surface area contributed by atoms with Crippen LogP contribution in [0.1, 0.15) is 66.7 Å². The molecule has 2 N–H and O–H groups in total. The lowest BCUT2D eigenvalue weighted by molar-refractivity contribution is -0.123. The van der Waals surface area contributed by atoms with Gasteiger partial charge < -0.3 is 10.6 Å². The number of nitrogens with one attached hydrogen (secondary N) is 2. The zero-order valence-electron chi connectivity index (χ0n) is 14.7. The van der Waals surface area contributed by atoms with Crippen LogP contribution in [-0.4, -0.2) is 48.1 Å². The van der Waals surface area contributed by atoms with Crippen LogP contribution < -0.4 is 10.6 Å². The Bertz CT molecular complexity index is 308. The summed E-state index contributed by atoms with van der Waals surface area (Å²) in [7, 11) is 0. The summed E-state index contributed by atoms with van der Waals surface area (Å²) in [5.41, 5.74) is 0.140. The van der Waals surface area contributed by atoms with Crippen molar-refractivity contribution in [3.63, 3.8) is 0 Å². The summed E-state index contributed by atoms with van der Waals surface area (Å²) in [5, 5.41) is 6.74. The summed E-state index contributed by atoms with van der Waals surface area (Å²) in [4.78, 5) is 14.6. The van der Waals surface area contributed by atoms with Crippen LogP contribution in [0.25, 0.3) is 0 Å². The Labute approximate surface area is 131 Å². The summed E-state index contributed by atoms with van der Waals surface area (Å²) in [6.45, 7) is 13.4. The van der Waals surface area contributed by atoms with E-state index in [0.717, 1.165) is 25.9 Å². The van der Waals surface area contributed by atoms with Crippen molar-refractivity contribution >= 4 is 5.91 Å². The first-order valence-electron chi connectivity index (χ1n) is 8.64. The lowest BCUT2D eigenvalue weighted by Gasteiger charge is -2.37.